The minimum atomic E-state index is 0.105. The molecule has 0 amide bonds. The number of nitrogens with zero attached hydrogens (tertiary/aromatic N) is 1. The van der Waals surface area contributed by atoms with Crippen molar-refractivity contribution in [2.75, 3.05) is 19.7 Å². The van der Waals surface area contributed by atoms with Gasteiger partial charge in [0, 0.05) is 16.5 Å². The van der Waals surface area contributed by atoms with Crippen LogP contribution < -0.4 is 11.5 Å². The van der Waals surface area contributed by atoms with E-state index in [1.54, 1.807) is 0 Å². The molecule has 0 spiro atoms. The van der Waals surface area contributed by atoms with Gasteiger partial charge in [-0.1, -0.05) is 33.3 Å². The molecule has 23 heavy (non-hydrogen) atoms. The molecule has 0 radical (unpaired) electrons. The molecule has 0 aromatic rings. The molecule has 0 saturated heterocycles. The van der Waals surface area contributed by atoms with Gasteiger partial charge in [0.05, 0.1) is 18.1 Å². The maximum atomic E-state index is 6.10. The number of rotatable bonds is 8. The van der Waals surface area contributed by atoms with Crippen LogP contribution in [0.4, 0.5) is 0 Å². The topological polar surface area (TPSA) is 73.6 Å². The molecule has 130 valence electrons. The van der Waals surface area contributed by atoms with Gasteiger partial charge in [-0.05, 0) is 37.6 Å². The van der Waals surface area contributed by atoms with Crippen LogP contribution in [0, 0.1) is 5.41 Å². The maximum Gasteiger partial charge on any atom is 0.223 e. The third-order valence-corrected chi connectivity index (χ3v) is 5.94. The molecule has 0 aromatic heterocycles. The second-order valence-corrected chi connectivity index (χ2v) is 8.63. The lowest BCUT2D eigenvalue weighted by atomic mass is 9.89. The van der Waals surface area contributed by atoms with E-state index in [1.165, 1.54) is 25.7 Å². The number of thioether (sulfide) groups is 1. The Morgan fingerprint density at radius 3 is 2.70 bits per heavy atom. The number of ether oxygens (including phenoxy) is 1. The predicted octanol–water partition coefficient (Wildman–Crippen LogP) is 3.58. The average molecular weight is 338 g/mol. The first-order valence-corrected chi connectivity index (χ1v) is 9.53. The molecule has 1 fully saturated rings. The molecule has 1 saturated carbocycles. The van der Waals surface area contributed by atoms with Gasteiger partial charge in [-0.3, -0.25) is 0 Å². The maximum absolute atomic E-state index is 6.10. The first-order valence-electron chi connectivity index (χ1n) is 8.65. The molecule has 5 heteroatoms. The summed E-state index contributed by atoms with van der Waals surface area (Å²) in [6.45, 7) is 10.3. The molecular formula is C18H31N3OS. The van der Waals surface area contributed by atoms with Crippen molar-refractivity contribution in [2.24, 2.45) is 21.9 Å². The lowest BCUT2D eigenvalue weighted by molar-refractivity contribution is 0.159. The van der Waals surface area contributed by atoms with Crippen molar-refractivity contribution in [2.45, 2.75) is 57.6 Å². The summed E-state index contributed by atoms with van der Waals surface area (Å²) in [4.78, 5) is 5.70. The van der Waals surface area contributed by atoms with Crippen molar-refractivity contribution in [3.8, 4) is 0 Å². The highest BCUT2D eigenvalue weighted by Crippen LogP contribution is 2.39. The minimum Gasteiger partial charge on any atom is -0.477 e. The van der Waals surface area contributed by atoms with Crippen LogP contribution in [0.1, 0.15) is 52.4 Å². The molecule has 1 heterocycles. The lowest BCUT2D eigenvalue weighted by Gasteiger charge is -2.25. The van der Waals surface area contributed by atoms with Gasteiger partial charge in [0.1, 0.15) is 0 Å². The van der Waals surface area contributed by atoms with E-state index in [9.17, 15) is 0 Å². The zero-order valence-corrected chi connectivity index (χ0v) is 15.4. The highest BCUT2D eigenvalue weighted by molar-refractivity contribution is 8.04. The third-order valence-electron chi connectivity index (χ3n) is 4.48. The highest BCUT2D eigenvalue weighted by atomic mass is 32.2. The minimum absolute atomic E-state index is 0.105. The van der Waals surface area contributed by atoms with Gasteiger partial charge < -0.3 is 16.2 Å². The molecule has 0 bridgehead atoms. The van der Waals surface area contributed by atoms with Gasteiger partial charge in [-0.15, -0.1) is 11.8 Å². The van der Waals surface area contributed by atoms with E-state index in [1.807, 2.05) is 11.8 Å². The molecular weight excluding hydrogens is 306 g/mol. The van der Waals surface area contributed by atoms with Crippen LogP contribution >= 0.6 is 11.8 Å². The van der Waals surface area contributed by atoms with Gasteiger partial charge in [-0.2, -0.15) is 0 Å². The quantitative estimate of drug-likeness (QED) is 0.710. The molecule has 2 rings (SSSR count). The van der Waals surface area contributed by atoms with Gasteiger partial charge in [0.15, 0.2) is 0 Å². The second kappa shape index (κ2) is 8.25. The molecule has 0 unspecified atom stereocenters. The standard InChI is InChI=1S/C18H31N3OS/c1-13(20)15-11-21-17(16(15)23-14-7-4-5-8-14)22-12-18(2,3)9-6-10-19/h14H,1,4-12,19-20H2,2-3H3. The molecule has 4 nitrogen and oxygen atoms in total. The fourth-order valence-corrected chi connectivity index (χ4v) is 4.46. The fourth-order valence-electron chi connectivity index (χ4n) is 2.99. The van der Waals surface area contributed by atoms with Crippen LogP contribution in [0.3, 0.4) is 0 Å². The first kappa shape index (κ1) is 18.4. The number of hydrogen-bond acceptors (Lipinski definition) is 5. The van der Waals surface area contributed by atoms with E-state index >= 15 is 0 Å². The van der Waals surface area contributed by atoms with E-state index in [0.29, 0.717) is 24.1 Å². The summed E-state index contributed by atoms with van der Waals surface area (Å²) in [5.41, 5.74) is 13.4. The normalized spacial score (nSPS) is 19.3. The van der Waals surface area contributed by atoms with Gasteiger partial charge in [0.25, 0.3) is 0 Å². The molecule has 2 aliphatic rings. The molecule has 4 N–H and O–H groups in total. The van der Waals surface area contributed by atoms with Crippen LogP contribution in [0.25, 0.3) is 0 Å². The van der Waals surface area contributed by atoms with E-state index in [2.05, 4.69) is 25.4 Å². The van der Waals surface area contributed by atoms with E-state index in [4.69, 9.17) is 16.2 Å². The van der Waals surface area contributed by atoms with Gasteiger partial charge in [0.2, 0.25) is 5.90 Å². The van der Waals surface area contributed by atoms with E-state index < -0.39 is 0 Å². The van der Waals surface area contributed by atoms with Crippen LogP contribution in [-0.2, 0) is 4.74 Å². The average Bonchev–Trinajstić information content (AvgIpc) is 3.13. The van der Waals surface area contributed by atoms with Crippen molar-refractivity contribution in [1.82, 2.24) is 0 Å². The largest absolute Gasteiger partial charge is 0.477 e. The second-order valence-electron chi connectivity index (χ2n) is 7.32. The number of aliphatic imine (C=N–C) groups is 1. The number of hydrogen-bond donors (Lipinski definition) is 2. The third kappa shape index (κ3) is 5.28. The SMILES string of the molecule is C=C(N)C1=C(SC2CCCC2)C(OCC(C)(C)CCCN)=NC1. The zero-order chi connectivity index (χ0) is 16.9. The zero-order valence-electron chi connectivity index (χ0n) is 14.6. The Labute approximate surface area is 144 Å². The van der Waals surface area contributed by atoms with Crippen molar-refractivity contribution in [3.05, 3.63) is 22.8 Å². The summed E-state index contributed by atoms with van der Waals surface area (Å²) in [6, 6.07) is 0. The van der Waals surface area contributed by atoms with Crippen molar-refractivity contribution in [3.63, 3.8) is 0 Å². The van der Waals surface area contributed by atoms with Crippen LogP contribution in [0.2, 0.25) is 0 Å². The van der Waals surface area contributed by atoms with Gasteiger partial charge >= 0.3 is 0 Å². The predicted molar refractivity (Wildman–Crippen MR) is 101 cm³/mol. The monoisotopic (exact) mass is 337 g/mol. The summed E-state index contributed by atoms with van der Waals surface area (Å²) in [6.07, 6.45) is 7.27. The Hall–Kier alpha value is -0.940. The Kier molecular flexibility index (Phi) is 6.60. The van der Waals surface area contributed by atoms with Gasteiger partial charge in [-0.25, -0.2) is 4.99 Å². The smallest absolute Gasteiger partial charge is 0.223 e. The Bertz CT molecular complexity index is 490. The Morgan fingerprint density at radius 2 is 2.09 bits per heavy atom. The number of nitrogens with two attached hydrogens (primary N) is 2. The van der Waals surface area contributed by atoms with Crippen molar-refractivity contribution in [1.29, 1.82) is 0 Å². The summed E-state index contributed by atoms with van der Waals surface area (Å²) in [7, 11) is 0. The van der Waals surface area contributed by atoms with E-state index in [-0.39, 0.29) is 5.41 Å². The summed E-state index contributed by atoms with van der Waals surface area (Å²) in [5.74, 6) is 0.768. The Balaban J connectivity index is 2.00. The van der Waals surface area contributed by atoms with Crippen LogP contribution in [0.5, 0.6) is 0 Å². The first-order chi connectivity index (χ1) is 10.9. The van der Waals surface area contributed by atoms with E-state index in [0.717, 1.165) is 35.8 Å². The highest BCUT2D eigenvalue weighted by Gasteiger charge is 2.29. The van der Waals surface area contributed by atoms with Crippen LogP contribution in [0.15, 0.2) is 27.7 Å². The Morgan fingerprint density at radius 1 is 1.39 bits per heavy atom. The summed E-state index contributed by atoms with van der Waals surface area (Å²) >= 11 is 1.89. The molecule has 1 aliphatic carbocycles. The summed E-state index contributed by atoms with van der Waals surface area (Å²) in [5, 5.41) is 0.663. The van der Waals surface area contributed by atoms with Crippen molar-refractivity contribution >= 4 is 17.7 Å². The van der Waals surface area contributed by atoms with Crippen LogP contribution in [-0.4, -0.2) is 30.8 Å². The summed E-state index contributed by atoms with van der Waals surface area (Å²) < 4.78 is 6.10. The fraction of sp³-hybridized carbons (Fsp3) is 0.722. The lowest BCUT2D eigenvalue weighted by Crippen LogP contribution is -2.23. The van der Waals surface area contributed by atoms with Crippen molar-refractivity contribution < 1.29 is 4.74 Å². The molecule has 1 aliphatic heterocycles. The molecule has 0 atom stereocenters. The molecule has 0 aromatic carbocycles.